The van der Waals surface area contributed by atoms with Gasteiger partial charge in [0.15, 0.2) is 5.96 Å². The van der Waals surface area contributed by atoms with Crippen LogP contribution >= 0.6 is 0 Å². The van der Waals surface area contributed by atoms with E-state index >= 15 is 0 Å². The van der Waals surface area contributed by atoms with Crippen LogP contribution in [0, 0.1) is 40.4 Å². The molecule has 314 valence electrons. The number of nitrogens with one attached hydrogen (secondary N) is 1. The van der Waals surface area contributed by atoms with Crippen LogP contribution in [0.3, 0.4) is 0 Å². The number of aliphatic imine (C=N–C) groups is 1. The molecule has 9 rings (SSSR count). The van der Waals surface area contributed by atoms with Crippen LogP contribution in [0.5, 0.6) is 0 Å². The number of hydrogen-bond acceptors (Lipinski definition) is 5. The Morgan fingerprint density at radius 3 is 2.67 bits per heavy atom. The molecule has 1 saturated heterocycles. The standard InChI is InChI=1S/C51H71N3O4/c1-34-26-50(23-18-36(27-50)19-24-51(56)21-8-12-41(55)28-51)46-49(3,58-46)22-20-45-43(34)29-48(45,2)40-17-15-37(25-40)30-53-47(52)54-31-38(16-14-35-9-5-4-6-10-35)42-13-7-11-39-32-57-33-44(39)42/h4-7,9-11,13,32-33,36-38,40-41,43,45-46,55-56H,1,8,12,14-31H2,2-3H3,(H3,52,53,54). The number of allylic oxidation sites excluding steroid dienone is 1. The van der Waals surface area contributed by atoms with Crippen molar-refractivity contribution in [1.82, 2.24) is 5.32 Å². The Morgan fingerprint density at radius 1 is 0.966 bits per heavy atom. The van der Waals surface area contributed by atoms with Gasteiger partial charge in [-0.1, -0.05) is 67.6 Å². The van der Waals surface area contributed by atoms with E-state index in [1.165, 1.54) is 73.5 Å². The van der Waals surface area contributed by atoms with Crippen LogP contribution in [-0.2, 0) is 11.2 Å². The zero-order chi connectivity index (χ0) is 40.1. The van der Waals surface area contributed by atoms with Crippen molar-refractivity contribution in [2.75, 3.05) is 13.1 Å². The number of aliphatic hydroxyl groups is 2. The number of aliphatic hydroxyl groups excluding tert-OH is 1. The van der Waals surface area contributed by atoms with Gasteiger partial charge in [0, 0.05) is 41.6 Å². The third-order valence-corrected chi connectivity index (χ3v) is 17.2. The van der Waals surface area contributed by atoms with Crippen molar-refractivity contribution >= 4 is 16.7 Å². The topological polar surface area (TPSA) is 117 Å². The molecular weight excluding hydrogens is 719 g/mol. The first-order valence-electron chi connectivity index (χ1n) is 23.2. The summed E-state index contributed by atoms with van der Waals surface area (Å²) in [5.41, 5.74) is 10.6. The predicted octanol–water partition coefficient (Wildman–Crippen LogP) is 10.2. The van der Waals surface area contributed by atoms with Gasteiger partial charge in [-0.3, -0.25) is 4.99 Å². The van der Waals surface area contributed by atoms with Gasteiger partial charge in [-0.25, -0.2) is 0 Å². The van der Waals surface area contributed by atoms with Crippen LogP contribution in [0.25, 0.3) is 10.8 Å². The van der Waals surface area contributed by atoms with Crippen LogP contribution in [0.4, 0.5) is 0 Å². The van der Waals surface area contributed by atoms with Crippen molar-refractivity contribution < 1.29 is 19.4 Å². The summed E-state index contributed by atoms with van der Waals surface area (Å²) in [5.74, 6) is 4.12. The first-order valence-corrected chi connectivity index (χ1v) is 23.2. The van der Waals surface area contributed by atoms with Gasteiger partial charge in [-0.05, 0) is 162 Å². The highest BCUT2D eigenvalue weighted by Crippen LogP contribution is 2.69. The van der Waals surface area contributed by atoms with Gasteiger partial charge in [0.2, 0.25) is 0 Å². The molecular formula is C51H71N3O4. The van der Waals surface area contributed by atoms with Gasteiger partial charge in [0.25, 0.3) is 0 Å². The Bertz CT molecular complexity index is 1940. The lowest BCUT2D eigenvalue weighted by molar-refractivity contribution is -0.0693. The van der Waals surface area contributed by atoms with Crippen LogP contribution < -0.4 is 11.1 Å². The first kappa shape index (κ1) is 40.3. The summed E-state index contributed by atoms with van der Waals surface area (Å²) < 4.78 is 12.4. The highest BCUT2D eigenvalue weighted by atomic mass is 16.6. The summed E-state index contributed by atoms with van der Waals surface area (Å²) in [6.45, 7) is 11.4. The second-order valence-electron chi connectivity index (χ2n) is 21.0. The van der Waals surface area contributed by atoms with Crippen molar-refractivity contribution in [2.24, 2.45) is 51.1 Å². The number of benzene rings is 2. The summed E-state index contributed by atoms with van der Waals surface area (Å²) in [6.07, 6.45) is 23.1. The average molecular weight is 790 g/mol. The van der Waals surface area contributed by atoms with Crippen LogP contribution in [0.1, 0.15) is 140 Å². The third kappa shape index (κ3) is 8.06. The lowest BCUT2D eigenvalue weighted by Gasteiger charge is -2.58. The van der Waals surface area contributed by atoms with Crippen molar-refractivity contribution in [3.8, 4) is 0 Å². The maximum atomic E-state index is 11.3. The van der Waals surface area contributed by atoms with Gasteiger partial charge in [0.1, 0.15) is 0 Å². The van der Waals surface area contributed by atoms with Crippen molar-refractivity contribution in [3.05, 3.63) is 84.3 Å². The molecule has 5 aliphatic carbocycles. The van der Waals surface area contributed by atoms with E-state index in [9.17, 15) is 10.2 Å². The molecule has 0 radical (unpaired) electrons. The quantitative estimate of drug-likeness (QED) is 0.0629. The molecule has 5 N–H and O–H groups in total. The molecule has 1 spiro atoms. The van der Waals surface area contributed by atoms with E-state index in [0.29, 0.717) is 54.1 Å². The first-order chi connectivity index (χ1) is 27.9. The van der Waals surface area contributed by atoms with Gasteiger partial charge in [0.05, 0.1) is 35.9 Å². The second-order valence-corrected chi connectivity index (χ2v) is 21.0. The van der Waals surface area contributed by atoms with E-state index in [0.717, 1.165) is 75.6 Å². The molecule has 7 heteroatoms. The van der Waals surface area contributed by atoms with Gasteiger partial charge in [-0.2, -0.15) is 0 Å². The smallest absolute Gasteiger partial charge is 0.188 e. The number of hydrogen-bond donors (Lipinski definition) is 4. The Labute approximate surface area is 347 Å². The van der Waals surface area contributed by atoms with E-state index in [-0.39, 0.29) is 23.0 Å². The Hall–Kier alpha value is -3.13. The van der Waals surface area contributed by atoms with E-state index in [4.69, 9.17) is 26.5 Å². The molecule has 58 heavy (non-hydrogen) atoms. The molecule has 12 atom stereocenters. The fourth-order valence-electron chi connectivity index (χ4n) is 13.8. The van der Waals surface area contributed by atoms with Crippen LogP contribution in [-0.4, -0.2) is 52.7 Å². The summed E-state index contributed by atoms with van der Waals surface area (Å²) >= 11 is 0. The SMILES string of the molecule is C=C1CC2(CCC(CCC3(O)CCCC(O)C3)C2)C2OC2(C)CCC2C1CC2(C)C1CCC(CNC(N)=NCC(CCc2ccccc2)c2cccc3cocc23)C1. The molecule has 2 heterocycles. The van der Waals surface area contributed by atoms with Crippen molar-refractivity contribution in [2.45, 2.75) is 159 Å². The number of furan rings is 1. The molecule has 0 bridgehead atoms. The van der Waals surface area contributed by atoms with E-state index in [1.807, 2.05) is 12.5 Å². The minimum Gasteiger partial charge on any atom is -0.471 e. The molecule has 2 aromatic carbocycles. The zero-order valence-electron chi connectivity index (χ0n) is 35.5. The summed E-state index contributed by atoms with van der Waals surface area (Å²) in [5, 5.41) is 27.4. The lowest BCUT2D eigenvalue weighted by Crippen LogP contribution is -2.51. The largest absolute Gasteiger partial charge is 0.471 e. The highest BCUT2D eigenvalue weighted by molar-refractivity contribution is 5.85. The molecule has 1 aromatic heterocycles. The summed E-state index contributed by atoms with van der Waals surface area (Å²) in [7, 11) is 0. The summed E-state index contributed by atoms with van der Waals surface area (Å²) in [6, 6.07) is 17.2. The van der Waals surface area contributed by atoms with E-state index in [1.54, 1.807) is 0 Å². The van der Waals surface area contributed by atoms with Gasteiger partial charge >= 0.3 is 0 Å². The summed E-state index contributed by atoms with van der Waals surface area (Å²) in [4.78, 5) is 4.95. The molecule has 6 fully saturated rings. The number of ether oxygens (including phenoxy) is 1. The molecule has 5 saturated carbocycles. The minimum atomic E-state index is -0.678. The fraction of sp³-hybridized carbons (Fsp3) is 0.667. The number of rotatable bonds is 12. The Morgan fingerprint density at radius 2 is 1.83 bits per heavy atom. The third-order valence-electron chi connectivity index (χ3n) is 17.2. The number of aryl methyl sites for hydroxylation is 1. The van der Waals surface area contributed by atoms with Crippen molar-refractivity contribution in [1.29, 1.82) is 0 Å². The van der Waals surface area contributed by atoms with Crippen LogP contribution in [0.15, 0.2) is 82.6 Å². The number of fused-ring (bicyclic) bond motifs is 4. The predicted molar refractivity (Wildman–Crippen MR) is 233 cm³/mol. The van der Waals surface area contributed by atoms with Crippen molar-refractivity contribution in [3.63, 3.8) is 0 Å². The monoisotopic (exact) mass is 790 g/mol. The molecule has 12 unspecified atom stereocenters. The molecule has 3 aromatic rings. The number of nitrogens with zero attached hydrogens (tertiary/aromatic N) is 1. The second kappa shape index (κ2) is 16.0. The normalized spacial score (nSPS) is 39.3. The number of guanidine groups is 1. The van der Waals surface area contributed by atoms with Crippen LogP contribution in [0.2, 0.25) is 0 Å². The molecule has 6 aliphatic rings. The molecule has 0 amide bonds. The maximum Gasteiger partial charge on any atom is 0.188 e. The fourth-order valence-corrected chi connectivity index (χ4v) is 13.8. The molecule has 1 aliphatic heterocycles. The van der Waals surface area contributed by atoms with Gasteiger partial charge in [-0.15, -0.1) is 0 Å². The Kier molecular flexibility index (Phi) is 11.1. The Balaban J connectivity index is 0.792. The number of epoxide rings is 1. The average Bonchev–Trinajstić information content (AvgIpc) is 3.65. The maximum absolute atomic E-state index is 11.3. The van der Waals surface area contributed by atoms with Gasteiger partial charge < -0.3 is 30.4 Å². The minimum absolute atomic E-state index is 0.00315. The van der Waals surface area contributed by atoms with E-state index < -0.39 is 5.60 Å². The zero-order valence-corrected chi connectivity index (χ0v) is 35.5. The molecule has 7 nitrogen and oxygen atoms in total. The lowest BCUT2D eigenvalue weighted by atomic mass is 9.46. The number of nitrogens with two attached hydrogens (primary N) is 1. The highest BCUT2D eigenvalue weighted by Gasteiger charge is 2.67. The van der Waals surface area contributed by atoms with E-state index in [2.05, 4.69) is 67.7 Å².